The van der Waals surface area contributed by atoms with E-state index in [1.165, 1.54) is 0 Å². The number of aliphatic carboxylic acids is 2. The number of carboxylic acids is 2. The molecular weight excluding hydrogens is 358 g/mol. The fraction of sp³-hybridized carbons (Fsp3) is 0.182. The third-order valence-electron chi connectivity index (χ3n) is 2.24. The summed E-state index contributed by atoms with van der Waals surface area (Å²) in [6, 6.07) is -1.36. The predicted molar refractivity (Wildman–Crippen MR) is 69.9 cm³/mol. The molecule has 0 unspecified atom stereocenters. The Bertz CT molecular complexity index is 596. The number of hydrogen-bond acceptors (Lipinski definition) is 3. The first kappa shape index (κ1) is 16.8. The van der Waals surface area contributed by atoms with Gasteiger partial charge in [0.15, 0.2) is 0 Å². The monoisotopic (exact) mass is 366 g/mol. The number of rotatable bonds is 5. The van der Waals surface area contributed by atoms with Crippen LogP contribution in [0.1, 0.15) is 6.42 Å². The summed E-state index contributed by atoms with van der Waals surface area (Å²) in [5.41, 5.74) is -0.403. The molecule has 1 aromatic rings. The molecule has 2 amide bonds. The van der Waals surface area contributed by atoms with Gasteiger partial charge in [0.2, 0.25) is 0 Å². The number of carboxylic acid groups (broad SMARTS) is 2. The van der Waals surface area contributed by atoms with E-state index < -0.39 is 47.8 Å². The first-order valence-corrected chi connectivity index (χ1v) is 6.16. The number of carbonyl (C=O) groups is 3. The van der Waals surface area contributed by atoms with E-state index >= 15 is 0 Å². The molecule has 0 radical (unpaired) electrons. The van der Waals surface area contributed by atoms with Crippen LogP contribution >= 0.6 is 15.9 Å². The van der Waals surface area contributed by atoms with Gasteiger partial charge in [-0.25, -0.2) is 18.4 Å². The standard InChI is InChI=1S/C11H9BrF2N2O5/c12-4-1-7(6(14)2-5(4)13)15-11(21)16-8(10(19)20)3-9(17)18/h1-2,8H,3H2,(H,17,18)(H,19,20)(H2,15,16,21)/t8-/m1/s1. The molecule has 0 aliphatic heterocycles. The normalized spacial score (nSPS) is 11.6. The fourth-order valence-corrected chi connectivity index (χ4v) is 1.65. The summed E-state index contributed by atoms with van der Waals surface area (Å²) in [5.74, 6) is -4.95. The van der Waals surface area contributed by atoms with Gasteiger partial charge >= 0.3 is 18.0 Å². The Morgan fingerprint density at radius 3 is 2.33 bits per heavy atom. The van der Waals surface area contributed by atoms with Crippen molar-refractivity contribution in [3.05, 3.63) is 28.2 Å². The van der Waals surface area contributed by atoms with Gasteiger partial charge in [0.25, 0.3) is 0 Å². The summed E-state index contributed by atoms with van der Waals surface area (Å²) < 4.78 is 26.3. The van der Waals surface area contributed by atoms with Gasteiger partial charge in [-0.3, -0.25) is 4.79 Å². The summed E-state index contributed by atoms with van der Waals surface area (Å²) in [7, 11) is 0. The van der Waals surface area contributed by atoms with Crippen molar-refractivity contribution in [3.8, 4) is 0 Å². The van der Waals surface area contributed by atoms with Gasteiger partial charge in [-0.15, -0.1) is 0 Å². The minimum absolute atomic E-state index is 0.112. The van der Waals surface area contributed by atoms with Crippen molar-refractivity contribution in [2.75, 3.05) is 5.32 Å². The zero-order valence-corrected chi connectivity index (χ0v) is 11.8. The Morgan fingerprint density at radius 1 is 1.19 bits per heavy atom. The zero-order chi connectivity index (χ0) is 16.2. The SMILES string of the molecule is O=C(O)C[C@@H](NC(=O)Nc1cc(Br)c(F)cc1F)C(=O)O. The second kappa shape index (κ2) is 6.97. The lowest BCUT2D eigenvalue weighted by molar-refractivity contribution is -0.145. The maximum absolute atomic E-state index is 13.4. The average Bonchev–Trinajstić information content (AvgIpc) is 2.34. The lowest BCUT2D eigenvalue weighted by Gasteiger charge is -2.14. The molecule has 0 aromatic heterocycles. The van der Waals surface area contributed by atoms with Crippen LogP contribution in [0.5, 0.6) is 0 Å². The van der Waals surface area contributed by atoms with Crippen LogP contribution in [0, 0.1) is 11.6 Å². The molecule has 0 heterocycles. The van der Waals surface area contributed by atoms with E-state index in [-0.39, 0.29) is 4.47 Å². The van der Waals surface area contributed by atoms with Gasteiger partial charge in [-0.1, -0.05) is 0 Å². The second-order valence-corrected chi connectivity index (χ2v) is 4.69. The molecule has 0 bridgehead atoms. The summed E-state index contributed by atoms with van der Waals surface area (Å²) in [4.78, 5) is 32.7. The van der Waals surface area contributed by atoms with E-state index in [0.29, 0.717) is 6.07 Å². The number of benzene rings is 1. The topological polar surface area (TPSA) is 116 Å². The van der Waals surface area contributed by atoms with Crippen LogP contribution in [0.25, 0.3) is 0 Å². The van der Waals surface area contributed by atoms with Crippen molar-refractivity contribution in [2.45, 2.75) is 12.5 Å². The smallest absolute Gasteiger partial charge is 0.326 e. The molecule has 4 N–H and O–H groups in total. The summed E-state index contributed by atoms with van der Waals surface area (Å²) in [5, 5.41) is 21.0. The van der Waals surface area contributed by atoms with Crippen LogP contribution in [-0.2, 0) is 9.59 Å². The lowest BCUT2D eigenvalue weighted by atomic mass is 10.2. The van der Waals surface area contributed by atoms with Crippen LogP contribution in [0.3, 0.4) is 0 Å². The van der Waals surface area contributed by atoms with Crippen molar-refractivity contribution in [1.82, 2.24) is 5.32 Å². The number of nitrogens with one attached hydrogen (secondary N) is 2. The second-order valence-electron chi connectivity index (χ2n) is 3.83. The lowest BCUT2D eigenvalue weighted by Crippen LogP contribution is -2.44. The number of anilines is 1. The summed E-state index contributed by atoms with van der Waals surface area (Å²) in [6.45, 7) is 0. The van der Waals surface area contributed by atoms with E-state index in [9.17, 15) is 23.2 Å². The van der Waals surface area contributed by atoms with E-state index in [0.717, 1.165) is 6.07 Å². The molecule has 1 rings (SSSR count). The van der Waals surface area contributed by atoms with Crippen molar-refractivity contribution >= 4 is 39.6 Å². The van der Waals surface area contributed by atoms with Crippen LogP contribution in [0.2, 0.25) is 0 Å². The molecule has 114 valence electrons. The van der Waals surface area contributed by atoms with E-state index in [2.05, 4.69) is 15.9 Å². The quantitative estimate of drug-likeness (QED) is 0.592. The Morgan fingerprint density at radius 2 is 1.81 bits per heavy atom. The van der Waals surface area contributed by atoms with Gasteiger partial charge in [0.1, 0.15) is 17.7 Å². The molecule has 0 fully saturated rings. The molecule has 21 heavy (non-hydrogen) atoms. The molecule has 0 aliphatic carbocycles. The zero-order valence-electron chi connectivity index (χ0n) is 10.2. The van der Waals surface area contributed by atoms with Crippen LogP contribution in [-0.4, -0.2) is 34.2 Å². The first-order valence-electron chi connectivity index (χ1n) is 5.37. The molecule has 0 saturated heterocycles. The van der Waals surface area contributed by atoms with E-state index in [4.69, 9.17) is 10.2 Å². The third-order valence-corrected chi connectivity index (χ3v) is 2.85. The van der Waals surface area contributed by atoms with Crippen molar-refractivity contribution in [2.24, 2.45) is 0 Å². The third kappa shape index (κ3) is 4.99. The highest BCUT2D eigenvalue weighted by Crippen LogP contribution is 2.23. The maximum atomic E-state index is 13.4. The van der Waals surface area contributed by atoms with Crippen LogP contribution in [0.4, 0.5) is 19.3 Å². The molecule has 1 aromatic carbocycles. The first-order chi connectivity index (χ1) is 9.70. The molecule has 7 nitrogen and oxygen atoms in total. The average molecular weight is 367 g/mol. The highest BCUT2D eigenvalue weighted by atomic mass is 79.9. The van der Waals surface area contributed by atoms with Gasteiger partial charge < -0.3 is 20.8 Å². The number of hydrogen-bond donors (Lipinski definition) is 4. The Labute approximate surface area is 125 Å². The number of halogens is 3. The number of amides is 2. The maximum Gasteiger partial charge on any atom is 0.326 e. The Hall–Kier alpha value is -2.23. The van der Waals surface area contributed by atoms with Crippen LogP contribution < -0.4 is 10.6 Å². The predicted octanol–water partition coefficient (Wildman–Crippen LogP) is 1.78. The van der Waals surface area contributed by atoms with Crippen LogP contribution in [0.15, 0.2) is 16.6 Å². The van der Waals surface area contributed by atoms with Crippen molar-refractivity contribution in [1.29, 1.82) is 0 Å². The number of carbonyl (C=O) groups excluding carboxylic acids is 1. The van der Waals surface area contributed by atoms with Gasteiger partial charge in [-0.05, 0) is 22.0 Å². The Balaban J connectivity index is 2.79. The molecule has 0 saturated carbocycles. The van der Waals surface area contributed by atoms with E-state index in [1.54, 1.807) is 0 Å². The minimum Gasteiger partial charge on any atom is -0.481 e. The molecule has 0 aliphatic rings. The minimum atomic E-state index is -1.69. The molecular formula is C11H9BrF2N2O5. The highest BCUT2D eigenvalue weighted by Gasteiger charge is 2.23. The van der Waals surface area contributed by atoms with Crippen molar-refractivity contribution in [3.63, 3.8) is 0 Å². The highest BCUT2D eigenvalue weighted by molar-refractivity contribution is 9.10. The Kier molecular flexibility index (Phi) is 5.59. The van der Waals surface area contributed by atoms with Gasteiger partial charge in [0, 0.05) is 6.07 Å². The summed E-state index contributed by atoms with van der Waals surface area (Å²) >= 11 is 2.79. The molecule has 1 atom stereocenters. The largest absolute Gasteiger partial charge is 0.481 e. The molecule has 10 heteroatoms. The van der Waals surface area contributed by atoms with Crippen molar-refractivity contribution < 1.29 is 33.4 Å². The summed E-state index contributed by atoms with van der Waals surface area (Å²) in [6.07, 6.45) is -0.849. The van der Waals surface area contributed by atoms with E-state index in [1.807, 2.05) is 10.6 Å². The fourth-order valence-electron chi connectivity index (χ4n) is 1.31. The molecule has 0 spiro atoms. The van der Waals surface area contributed by atoms with Gasteiger partial charge in [-0.2, -0.15) is 0 Å². The number of urea groups is 1. The van der Waals surface area contributed by atoms with Gasteiger partial charge in [0.05, 0.1) is 16.6 Å².